The second-order valence-electron chi connectivity index (χ2n) is 4.08. The highest BCUT2D eigenvalue weighted by molar-refractivity contribution is 5.49. The molecule has 0 saturated heterocycles. The third-order valence-corrected chi connectivity index (χ3v) is 2.27. The Morgan fingerprint density at radius 3 is 2.33 bits per heavy atom. The summed E-state index contributed by atoms with van der Waals surface area (Å²) in [6, 6.07) is 2.74. The minimum atomic E-state index is -4.87. The van der Waals surface area contributed by atoms with E-state index < -0.39 is 23.5 Å². The molecular formula is C11H11F4NO2. The van der Waals surface area contributed by atoms with Crippen molar-refractivity contribution in [3.63, 3.8) is 0 Å². The van der Waals surface area contributed by atoms with Crippen molar-refractivity contribution in [2.75, 3.05) is 0 Å². The molecule has 18 heavy (non-hydrogen) atoms. The monoisotopic (exact) mass is 265 g/mol. The molecule has 0 fully saturated rings. The Kier molecular flexibility index (Phi) is 3.83. The molecule has 3 nitrogen and oxygen atoms in total. The van der Waals surface area contributed by atoms with E-state index in [0.29, 0.717) is 12.5 Å². The maximum Gasteiger partial charge on any atom is 0.573 e. The van der Waals surface area contributed by atoms with Gasteiger partial charge in [-0.05, 0) is 19.9 Å². The summed E-state index contributed by atoms with van der Waals surface area (Å²) in [5, 5.41) is 2.36. The number of hydrogen-bond donors (Lipinski definition) is 1. The van der Waals surface area contributed by atoms with Gasteiger partial charge in [0.15, 0.2) is 0 Å². The van der Waals surface area contributed by atoms with Gasteiger partial charge in [-0.2, -0.15) is 0 Å². The number of benzene rings is 1. The standard InChI is InChI=1S/C11H11F4NO2/c1-10(2,16-6-17)8-4-3-7(5-9(8)12)18-11(13,14)15/h3-6H,1-2H3,(H,16,17). The van der Waals surface area contributed by atoms with E-state index in [9.17, 15) is 22.4 Å². The lowest BCUT2D eigenvalue weighted by atomic mass is 9.94. The molecule has 0 atom stereocenters. The van der Waals surface area contributed by atoms with Crippen molar-refractivity contribution in [1.82, 2.24) is 5.32 Å². The normalized spacial score (nSPS) is 12.1. The Morgan fingerprint density at radius 2 is 1.89 bits per heavy atom. The van der Waals surface area contributed by atoms with Crippen molar-refractivity contribution in [3.05, 3.63) is 29.6 Å². The number of amides is 1. The molecule has 0 aliphatic carbocycles. The van der Waals surface area contributed by atoms with Crippen molar-refractivity contribution >= 4 is 6.41 Å². The van der Waals surface area contributed by atoms with Gasteiger partial charge in [0.1, 0.15) is 11.6 Å². The van der Waals surface area contributed by atoms with Crippen LogP contribution in [-0.2, 0) is 10.3 Å². The highest BCUT2D eigenvalue weighted by atomic mass is 19.4. The van der Waals surface area contributed by atoms with Crippen molar-refractivity contribution in [3.8, 4) is 5.75 Å². The highest BCUT2D eigenvalue weighted by Crippen LogP contribution is 2.28. The summed E-state index contributed by atoms with van der Waals surface area (Å²) in [5.41, 5.74) is -0.966. The molecule has 1 rings (SSSR count). The second kappa shape index (κ2) is 4.83. The summed E-state index contributed by atoms with van der Waals surface area (Å²) in [6.07, 6.45) is -4.48. The molecular weight excluding hydrogens is 254 g/mol. The summed E-state index contributed by atoms with van der Waals surface area (Å²) < 4.78 is 53.0. The number of ether oxygens (including phenoxy) is 1. The smallest absolute Gasteiger partial charge is 0.406 e. The molecule has 0 unspecified atom stereocenters. The molecule has 0 aliphatic heterocycles. The Hall–Kier alpha value is -1.79. The van der Waals surface area contributed by atoms with Gasteiger partial charge in [-0.25, -0.2) is 4.39 Å². The first-order valence-corrected chi connectivity index (χ1v) is 4.93. The van der Waals surface area contributed by atoms with Gasteiger partial charge in [0, 0.05) is 11.6 Å². The summed E-state index contributed by atoms with van der Waals surface area (Å²) in [7, 11) is 0. The fourth-order valence-corrected chi connectivity index (χ4v) is 1.42. The molecule has 1 N–H and O–H groups in total. The topological polar surface area (TPSA) is 38.3 Å². The predicted molar refractivity (Wildman–Crippen MR) is 55.3 cm³/mol. The van der Waals surface area contributed by atoms with Gasteiger partial charge in [0.2, 0.25) is 6.41 Å². The lowest BCUT2D eigenvalue weighted by Crippen LogP contribution is -2.36. The Labute approximate surface area is 101 Å². The van der Waals surface area contributed by atoms with E-state index in [-0.39, 0.29) is 5.56 Å². The van der Waals surface area contributed by atoms with E-state index in [0.717, 1.165) is 12.1 Å². The number of hydrogen-bond acceptors (Lipinski definition) is 2. The fraction of sp³-hybridized carbons (Fsp3) is 0.364. The molecule has 0 saturated carbocycles. The van der Waals surface area contributed by atoms with E-state index in [2.05, 4.69) is 10.1 Å². The van der Waals surface area contributed by atoms with Crippen LogP contribution in [-0.4, -0.2) is 12.8 Å². The molecule has 0 radical (unpaired) electrons. The lowest BCUT2D eigenvalue weighted by Gasteiger charge is -2.25. The van der Waals surface area contributed by atoms with Gasteiger partial charge < -0.3 is 10.1 Å². The lowest BCUT2D eigenvalue weighted by molar-refractivity contribution is -0.274. The Morgan fingerprint density at radius 1 is 1.28 bits per heavy atom. The minimum absolute atomic E-state index is 0.0594. The maximum atomic E-state index is 13.6. The predicted octanol–water partition coefficient (Wildman–Crippen LogP) is 2.71. The van der Waals surface area contributed by atoms with Crippen LogP contribution in [0.3, 0.4) is 0 Å². The molecule has 0 heterocycles. The third-order valence-electron chi connectivity index (χ3n) is 2.27. The zero-order valence-corrected chi connectivity index (χ0v) is 9.64. The minimum Gasteiger partial charge on any atom is -0.406 e. The average molecular weight is 265 g/mol. The van der Waals surface area contributed by atoms with Crippen molar-refractivity contribution in [2.45, 2.75) is 25.7 Å². The van der Waals surface area contributed by atoms with Crippen LogP contribution in [0.2, 0.25) is 0 Å². The average Bonchev–Trinajstić information content (AvgIpc) is 2.13. The van der Waals surface area contributed by atoms with Gasteiger partial charge in [0.05, 0.1) is 5.54 Å². The van der Waals surface area contributed by atoms with Crippen LogP contribution in [0.1, 0.15) is 19.4 Å². The first-order valence-electron chi connectivity index (χ1n) is 4.93. The molecule has 100 valence electrons. The van der Waals surface area contributed by atoms with Gasteiger partial charge in [-0.3, -0.25) is 4.79 Å². The SMILES string of the molecule is CC(C)(NC=O)c1ccc(OC(F)(F)F)cc1F. The van der Waals surface area contributed by atoms with Crippen molar-refractivity contribution in [2.24, 2.45) is 0 Å². The van der Waals surface area contributed by atoms with Crippen molar-refractivity contribution in [1.29, 1.82) is 0 Å². The van der Waals surface area contributed by atoms with Crippen LogP contribution in [0.25, 0.3) is 0 Å². The highest BCUT2D eigenvalue weighted by Gasteiger charge is 2.32. The number of carbonyl (C=O) groups excluding carboxylic acids is 1. The molecule has 0 bridgehead atoms. The molecule has 0 aliphatic rings. The van der Waals surface area contributed by atoms with E-state index in [1.807, 2.05) is 0 Å². The van der Waals surface area contributed by atoms with Gasteiger partial charge in [-0.15, -0.1) is 13.2 Å². The summed E-state index contributed by atoms with van der Waals surface area (Å²) >= 11 is 0. The molecule has 0 aromatic heterocycles. The molecule has 1 aromatic rings. The van der Waals surface area contributed by atoms with Crippen LogP contribution < -0.4 is 10.1 Å². The van der Waals surface area contributed by atoms with Crippen LogP contribution in [0.5, 0.6) is 5.75 Å². The van der Waals surface area contributed by atoms with E-state index >= 15 is 0 Å². The molecule has 7 heteroatoms. The van der Waals surface area contributed by atoms with Gasteiger partial charge in [-0.1, -0.05) is 6.07 Å². The second-order valence-corrected chi connectivity index (χ2v) is 4.08. The van der Waals surface area contributed by atoms with Crippen LogP contribution in [0.4, 0.5) is 17.6 Å². The first-order chi connectivity index (χ1) is 8.15. The van der Waals surface area contributed by atoms with Crippen LogP contribution in [0.15, 0.2) is 18.2 Å². The van der Waals surface area contributed by atoms with Gasteiger partial charge in [0.25, 0.3) is 0 Å². The number of nitrogens with one attached hydrogen (secondary N) is 1. The number of rotatable bonds is 4. The quantitative estimate of drug-likeness (QED) is 0.671. The molecule has 0 spiro atoms. The van der Waals surface area contributed by atoms with Crippen molar-refractivity contribution < 1.29 is 27.1 Å². The van der Waals surface area contributed by atoms with Crippen LogP contribution >= 0.6 is 0 Å². The molecule has 1 aromatic carbocycles. The summed E-state index contributed by atoms with van der Waals surface area (Å²) in [4.78, 5) is 10.4. The summed E-state index contributed by atoms with van der Waals surface area (Å²) in [6.45, 7) is 3.04. The Bertz CT molecular complexity index is 443. The maximum absolute atomic E-state index is 13.6. The van der Waals surface area contributed by atoms with E-state index in [1.165, 1.54) is 13.8 Å². The largest absolute Gasteiger partial charge is 0.573 e. The number of halogens is 4. The fourth-order valence-electron chi connectivity index (χ4n) is 1.42. The number of carbonyl (C=O) groups is 1. The first kappa shape index (κ1) is 14.3. The third kappa shape index (κ3) is 3.61. The van der Waals surface area contributed by atoms with E-state index in [1.54, 1.807) is 0 Å². The number of alkyl halides is 3. The zero-order valence-electron chi connectivity index (χ0n) is 9.64. The van der Waals surface area contributed by atoms with Gasteiger partial charge >= 0.3 is 6.36 Å². The van der Waals surface area contributed by atoms with Crippen LogP contribution in [0, 0.1) is 5.82 Å². The van der Waals surface area contributed by atoms with E-state index in [4.69, 9.17) is 0 Å². The molecule has 1 amide bonds. The Balaban J connectivity index is 3.03. The summed E-state index contributed by atoms with van der Waals surface area (Å²) in [5.74, 6) is -1.54. The zero-order chi connectivity index (χ0) is 14.0.